The lowest BCUT2D eigenvalue weighted by atomic mass is 9.86. The highest BCUT2D eigenvalue weighted by molar-refractivity contribution is 7.99. The van der Waals surface area contributed by atoms with E-state index in [4.69, 9.17) is 12.2 Å². The zero-order valence-electron chi connectivity index (χ0n) is 25.6. The van der Waals surface area contributed by atoms with E-state index in [9.17, 15) is 0 Å². The summed E-state index contributed by atoms with van der Waals surface area (Å²) in [5.74, 6) is 1.77. The van der Waals surface area contributed by atoms with Crippen molar-refractivity contribution in [2.75, 3.05) is 6.26 Å². The van der Waals surface area contributed by atoms with Crippen LogP contribution in [0.15, 0.2) is 36.0 Å². The number of rotatable bonds is 4. The number of hydrogen-bond donors (Lipinski definition) is 0. The summed E-state index contributed by atoms with van der Waals surface area (Å²) in [6.07, 6.45) is 16.9. The Balaban J connectivity index is -0.000000181. The second-order valence-electron chi connectivity index (χ2n) is 11.4. The van der Waals surface area contributed by atoms with Gasteiger partial charge in [-0.2, -0.15) is 11.8 Å². The van der Waals surface area contributed by atoms with Gasteiger partial charge >= 0.3 is 0 Å². The van der Waals surface area contributed by atoms with Gasteiger partial charge in [-0.3, -0.25) is 0 Å². The maximum absolute atomic E-state index is 4.94. The van der Waals surface area contributed by atoms with Gasteiger partial charge in [-0.15, -0.1) is 0 Å². The van der Waals surface area contributed by atoms with Crippen molar-refractivity contribution in [2.45, 2.75) is 128 Å². The molecule has 1 aliphatic carbocycles. The lowest BCUT2D eigenvalue weighted by Crippen LogP contribution is -2.08. The SMILES string of the molecule is CC.CC(=S)CC(C)(C)C.CCC(C)C.CCC(C)C.CSC1C=CC=C(C(C)(C)C)C=C1. The average Bonchev–Trinajstić information content (AvgIpc) is 2.94. The molecule has 198 valence electrons. The molecule has 1 unspecified atom stereocenters. The molecule has 0 heterocycles. The van der Waals surface area contributed by atoms with Crippen LogP contribution in [0.5, 0.6) is 0 Å². The second kappa shape index (κ2) is 23.4. The first-order valence-electron chi connectivity index (χ1n) is 13.1. The summed E-state index contributed by atoms with van der Waals surface area (Å²) in [6.45, 7) is 32.6. The van der Waals surface area contributed by atoms with Crippen LogP contribution in [0.1, 0.15) is 123 Å². The Labute approximate surface area is 221 Å². The second-order valence-corrected chi connectivity index (χ2v) is 13.1. The van der Waals surface area contributed by atoms with Crippen LogP contribution in [0, 0.1) is 22.7 Å². The Morgan fingerprint density at radius 1 is 0.909 bits per heavy atom. The van der Waals surface area contributed by atoms with Crippen molar-refractivity contribution in [3.63, 3.8) is 0 Å². The molecular formula is C31H62S2. The van der Waals surface area contributed by atoms with E-state index in [-0.39, 0.29) is 5.41 Å². The van der Waals surface area contributed by atoms with Crippen LogP contribution in [0.2, 0.25) is 0 Å². The monoisotopic (exact) mass is 498 g/mol. The highest BCUT2D eigenvalue weighted by atomic mass is 32.2. The third-order valence-corrected chi connectivity index (χ3v) is 5.60. The van der Waals surface area contributed by atoms with Crippen molar-refractivity contribution in [3.8, 4) is 0 Å². The number of thioether (sulfide) groups is 1. The van der Waals surface area contributed by atoms with Crippen LogP contribution < -0.4 is 0 Å². The Morgan fingerprint density at radius 2 is 1.30 bits per heavy atom. The number of allylic oxidation sites excluding steroid dienone is 4. The topological polar surface area (TPSA) is 0 Å². The molecule has 33 heavy (non-hydrogen) atoms. The summed E-state index contributed by atoms with van der Waals surface area (Å²) in [6, 6.07) is 0. The van der Waals surface area contributed by atoms with E-state index >= 15 is 0 Å². The molecule has 0 spiro atoms. The molecule has 0 amide bonds. The van der Waals surface area contributed by atoms with Crippen LogP contribution in [0.3, 0.4) is 0 Å². The lowest BCUT2D eigenvalue weighted by molar-refractivity contribution is 0.435. The van der Waals surface area contributed by atoms with Gasteiger partial charge in [-0.25, -0.2) is 0 Å². The van der Waals surface area contributed by atoms with Crippen LogP contribution in [0.4, 0.5) is 0 Å². The summed E-state index contributed by atoms with van der Waals surface area (Å²) < 4.78 is 0. The van der Waals surface area contributed by atoms with E-state index in [0.717, 1.165) is 23.1 Å². The number of thiocarbonyl (C=S) groups is 1. The Hall–Kier alpha value is -0.340. The normalized spacial score (nSPS) is 14.8. The fourth-order valence-corrected chi connectivity index (χ4v) is 2.91. The molecule has 0 aromatic rings. The van der Waals surface area contributed by atoms with E-state index < -0.39 is 0 Å². The van der Waals surface area contributed by atoms with E-state index in [2.05, 4.69) is 120 Å². The van der Waals surface area contributed by atoms with Gasteiger partial charge < -0.3 is 0 Å². The molecule has 0 saturated carbocycles. The number of hydrogen-bond acceptors (Lipinski definition) is 2. The first-order chi connectivity index (χ1) is 15.0. The molecule has 1 rings (SSSR count). The fraction of sp³-hybridized carbons (Fsp3) is 0.774. The smallest absolute Gasteiger partial charge is 0.0410 e. The molecule has 1 atom stereocenters. The molecule has 0 saturated heterocycles. The highest BCUT2D eigenvalue weighted by Gasteiger charge is 2.15. The van der Waals surface area contributed by atoms with Crippen molar-refractivity contribution >= 4 is 28.8 Å². The van der Waals surface area contributed by atoms with Crippen LogP contribution in [-0.4, -0.2) is 16.4 Å². The third kappa shape index (κ3) is 36.4. The van der Waals surface area contributed by atoms with E-state index in [0.29, 0.717) is 10.7 Å². The van der Waals surface area contributed by atoms with Gasteiger partial charge in [-0.05, 0) is 52.7 Å². The quantitative estimate of drug-likeness (QED) is 0.353. The van der Waals surface area contributed by atoms with Gasteiger partial charge in [-0.1, -0.05) is 152 Å². The maximum Gasteiger partial charge on any atom is 0.0410 e. The first kappa shape index (κ1) is 39.9. The van der Waals surface area contributed by atoms with Gasteiger partial charge in [0, 0.05) is 5.25 Å². The van der Waals surface area contributed by atoms with Gasteiger partial charge in [0.2, 0.25) is 0 Å². The van der Waals surface area contributed by atoms with E-state index in [1.54, 1.807) is 0 Å². The molecule has 0 aromatic heterocycles. The van der Waals surface area contributed by atoms with Gasteiger partial charge in [0.05, 0.1) is 0 Å². The molecule has 2 heteroatoms. The molecule has 0 nitrogen and oxygen atoms in total. The lowest BCUT2D eigenvalue weighted by Gasteiger charge is -2.19. The third-order valence-electron chi connectivity index (χ3n) is 4.59. The van der Waals surface area contributed by atoms with Crippen LogP contribution in [0.25, 0.3) is 0 Å². The molecule has 0 bridgehead atoms. The summed E-state index contributed by atoms with van der Waals surface area (Å²) in [5, 5.41) is 0.538. The summed E-state index contributed by atoms with van der Waals surface area (Å²) in [4.78, 5) is 1.11. The van der Waals surface area contributed by atoms with Gasteiger partial charge in [0.25, 0.3) is 0 Å². The van der Waals surface area contributed by atoms with Crippen LogP contribution >= 0.6 is 24.0 Å². The predicted molar refractivity (Wildman–Crippen MR) is 167 cm³/mol. The minimum Gasteiger partial charge on any atom is -0.154 e. The maximum atomic E-state index is 4.94. The first-order valence-corrected chi connectivity index (χ1v) is 14.8. The Kier molecular flexibility index (Phi) is 28.3. The molecule has 0 radical (unpaired) electrons. The summed E-state index contributed by atoms with van der Waals surface area (Å²) in [5.41, 5.74) is 2.04. The van der Waals surface area contributed by atoms with Crippen LogP contribution in [-0.2, 0) is 0 Å². The van der Waals surface area contributed by atoms with Crippen molar-refractivity contribution < 1.29 is 0 Å². The average molecular weight is 499 g/mol. The van der Waals surface area contributed by atoms with Crippen molar-refractivity contribution in [3.05, 3.63) is 36.0 Å². The Morgan fingerprint density at radius 3 is 1.52 bits per heavy atom. The highest BCUT2D eigenvalue weighted by Crippen LogP contribution is 2.28. The minimum absolute atomic E-state index is 0.258. The van der Waals surface area contributed by atoms with Crippen molar-refractivity contribution in [1.82, 2.24) is 0 Å². The van der Waals surface area contributed by atoms with Crippen molar-refractivity contribution in [2.24, 2.45) is 22.7 Å². The molecule has 0 N–H and O–H groups in total. The molecule has 0 fully saturated rings. The predicted octanol–water partition coefficient (Wildman–Crippen LogP) is 11.8. The molecule has 0 aliphatic heterocycles. The van der Waals surface area contributed by atoms with E-state index in [1.807, 2.05) is 32.5 Å². The van der Waals surface area contributed by atoms with E-state index in [1.165, 1.54) is 18.4 Å². The van der Waals surface area contributed by atoms with Crippen molar-refractivity contribution in [1.29, 1.82) is 0 Å². The standard InChI is InChI=1S/C12H18S.C7H14S.2C5H12.C2H6/c1-12(2,3)10-6-5-7-11(13-4)9-8-10;1-6(8)5-7(2,3)4;2*1-4-5(2)3;1-2/h5-9,11H,1-4H3;5H2,1-4H3;2*5H,4H2,1-3H3;1-2H3. The molecular weight excluding hydrogens is 436 g/mol. The summed E-state index contributed by atoms with van der Waals surface area (Å²) >= 11 is 6.81. The minimum atomic E-state index is 0.258. The summed E-state index contributed by atoms with van der Waals surface area (Å²) in [7, 11) is 0. The zero-order chi connectivity index (χ0) is 27.3. The largest absolute Gasteiger partial charge is 0.154 e. The zero-order valence-corrected chi connectivity index (χ0v) is 27.2. The van der Waals surface area contributed by atoms with Gasteiger partial charge in [0.1, 0.15) is 0 Å². The Bertz CT molecular complexity index is 512. The molecule has 0 aromatic carbocycles. The van der Waals surface area contributed by atoms with Gasteiger partial charge in [0.15, 0.2) is 0 Å². The molecule has 1 aliphatic rings. The fourth-order valence-electron chi connectivity index (χ4n) is 1.99.